The van der Waals surface area contributed by atoms with Crippen molar-refractivity contribution in [1.29, 1.82) is 0 Å². The molecule has 1 aliphatic rings. The lowest BCUT2D eigenvalue weighted by Gasteiger charge is -2.31. The average Bonchev–Trinajstić information content (AvgIpc) is 2.48. The number of phenolic OH excluding ortho intramolecular Hbond substituents is 1. The van der Waals surface area contributed by atoms with Gasteiger partial charge in [0.05, 0.1) is 0 Å². The van der Waals surface area contributed by atoms with Gasteiger partial charge in [-0.3, -0.25) is 0 Å². The first kappa shape index (κ1) is 13.0. The molecule has 20 heavy (non-hydrogen) atoms. The van der Waals surface area contributed by atoms with Crippen molar-refractivity contribution in [1.82, 2.24) is 0 Å². The SMILES string of the molecule is CCCc1ccc(N2CCc3cc(O)ccc3C2)cc1. The van der Waals surface area contributed by atoms with Crippen LogP contribution in [0.2, 0.25) is 0 Å². The van der Waals surface area contributed by atoms with E-state index in [9.17, 15) is 5.11 Å². The number of phenols is 1. The quantitative estimate of drug-likeness (QED) is 0.911. The Balaban J connectivity index is 1.77. The lowest BCUT2D eigenvalue weighted by Crippen LogP contribution is -2.30. The highest BCUT2D eigenvalue weighted by atomic mass is 16.3. The molecule has 0 aliphatic carbocycles. The van der Waals surface area contributed by atoms with Gasteiger partial charge in [0.1, 0.15) is 5.75 Å². The summed E-state index contributed by atoms with van der Waals surface area (Å²) in [7, 11) is 0. The van der Waals surface area contributed by atoms with Crippen LogP contribution in [0, 0.1) is 0 Å². The monoisotopic (exact) mass is 267 g/mol. The Morgan fingerprint density at radius 3 is 2.60 bits per heavy atom. The summed E-state index contributed by atoms with van der Waals surface area (Å²) in [6.07, 6.45) is 3.35. The Kier molecular flexibility index (Phi) is 3.64. The number of hydrogen-bond acceptors (Lipinski definition) is 2. The summed E-state index contributed by atoms with van der Waals surface area (Å²) in [6, 6.07) is 14.7. The summed E-state index contributed by atoms with van der Waals surface area (Å²) in [4.78, 5) is 2.41. The van der Waals surface area contributed by atoms with Crippen molar-refractivity contribution in [2.45, 2.75) is 32.7 Å². The molecule has 0 unspecified atom stereocenters. The molecule has 1 heterocycles. The molecule has 0 bridgehead atoms. The van der Waals surface area contributed by atoms with Crippen LogP contribution in [0.5, 0.6) is 5.75 Å². The van der Waals surface area contributed by atoms with Crippen LogP contribution in [0.4, 0.5) is 5.69 Å². The van der Waals surface area contributed by atoms with E-state index in [2.05, 4.69) is 36.1 Å². The molecule has 0 radical (unpaired) electrons. The van der Waals surface area contributed by atoms with Gasteiger partial charge in [-0.05, 0) is 53.8 Å². The fourth-order valence-corrected chi connectivity index (χ4v) is 2.92. The highest BCUT2D eigenvalue weighted by Crippen LogP contribution is 2.27. The molecule has 104 valence electrons. The van der Waals surface area contributed by atoms with E-state index in [-0.39, 0.29) is 0 Å². The molecule has 0 spiro atoms. The zero-order valence-electron chi connectivity index (χ0n) is 12.0. The van der Waals surface area contributed by atoms with E-state index in [0.29, 0.717) is 5.75 Å². The molecule has 0 saturated heterocycles. The number of hydrogen-bond donors (Lipinski definition) is 1. The van der Waals surface area contributed by atoms with E-state index in [1.54, 1.807) is 6.07 Å². The van der Waals surface area contributed by atoms with Gasteiger partial charge in [0, 0.05) is 18.8 Å². The maximum atomic E-state index is 9.54. The lowest BCUT2D eigenvalue weighted by atomic mass is 9.98. The fourth-order valence-electron chi connectivity index (χ4n) is 2.92. The second-order valence-corrected chi connectivity index (χ2v) is 5.54. The number of fused-ring (bicyclic) bond motifs is 1. The van der Waals surface area contributed by atoms with E-state index >= 15 is 0 Å². The summed E-state index contributed by atoms with van der Waals surface area (Å²) in [5.74, 6) is 0.376. The van der Waals surface area contributed by atoms with Gasteiger partial charge < -0.3 is 10.0 Å². The summed E-state index contributed by atoms with van der Waals surface area (Å²) in [6.45, 7) is 4.16. The van der Waals surface area contributed by atoms with Gasteiger partial charge in [0.2, 0.25) is 0 Å². The average molecular weight is 267 g/mol. The Bertz CT molecular complexity index is 589. The molecular weight excluding hydrogens is 246 g/mol. The van der Waals surface area contributed by atoms with E-state index in [0.717, 1.165) is 25.9 Å². The van der Waals surface area contributed by atoms with Crippen LogP contribution < -0.4 is 4.90 Å². The predicted octanol–water partition coefficient (Wildman–Crippen LogP) is 3.91. The minimum Gasteiger partial charge on any atom is -0.508 e. The van der Waals surface area contributed by atoms with Crippen molar-refractivity contribution in [2.24, 2.45) is 0 Å². The second kappa shape index (κ2) is 5.58. The summed E-state index contributed by atoms with van der Waals surface area (Å²) < 4.78 is 0. The normalized spacial score (nSPS) is 14.2. The van der Waals surface area contributed by atoms with Crippen LogP contribution in [-0.4, -0.2) is 11.7 Å². The number of rotatable bonds is 3. The highest BCUT2D eigenvalue weighted by Gasteiger charge is 2.16. The third-order valence-electron chi connectivity index (χ3n) is 4.04. The third-order valence-corrected chi connectivity index (χ3v) is 4.04. The van der Waals surface area contributed by atoms with E-state index in [4.69, 9.17) is 0 Å². The zero-order valence-corrected chi connectivity index (χ0v) is 12.0. The number of benzene rings is 2. The van der Waals surface area contributed by atoms with E-state index in [1.165, 1.54) is 28.8 Å². The minimum atomic E-state index is 0.376. The van der Waals surface area contributed by atoms with Crippen molar-refractivity contribution in [3.63, 3.8) is 0 Å². The molecule has 0 amide bonds. The van der Waals surface area contributed by atoms with Gasteiger partial charge in [-0.25, -0.2) is 0 Å². The Morgan fingerprint density at radius 2 is 1.85 bits per heavy atom. The smallest absolute Gasteiger partial charge is 0.115 e. The molecule has 1 aliphatic heterocycles. The van der Waals surface area contributed by atoms with E-state index in [1.807, 2.05) is 12.1 Å². The van der Waals surface area contributed by atoms with Crippen molar-refractivity contribution in [3.05, 3.63) is 59.2 Å². The molecule has 0 fully saturated rings. The van der Waals surface area contributed by atoms with E-state index < -0.39 is 0 Å². The van der Waals surface area contributed by atoms with Crippen LogP contribution in [0.25, 0.3) is 0 Å². The molecule has 1 N–H and O–H groups in total. The standard InChI is InChI=1S/C18H21NO/c1-2-3-14-4-7-17(8-5-14)19-11-10-15-12-18(20)9-6-16(15)13-19/h4-9,12,20H,2-3,10-11,13H2,1H3. The Morgan fingerprint density at radius 1 is 1.05 bits per heavy atom. The highest BCUT2D eigenvalue weighted by molar-refractivity contribution is 5.51. The first-order valence-corrected chi connectivity index (χ1v) is 7.41. The first-order chi connectivity index (χ1) is 9.76. The predicted molar refractivity (Wildman–Crippen MR) is 83.3 cm³/mol. The topological polar surface area (TPSA) is 23.5 Å². The maximum absolute atomic E-state index is 9.54. The molecule has 2 aromatic rings. The summed E-state index contributed by atoms with van der Waals surface area (Å²) >= 11 is 0. The van der Waals surface area contributed by atoms with Gasteiger partial charge in [0.25, 0.3) is 0 Å². The van der Waals surface area contributed by atoms with Crippen LogP contribution in [-0.2, 0) is 19.4 Å². The Hall–Kier alpha value is -1.96. The molecule has 3 rings (SSSR count). The molecule has 0 aromatic heterocycles. The van der Waals surface area contributed by atoms with Gasteiger partial charge >= 0.3 is 0 Å². The van der Waals surface area contributed by atoms with Crippen LogP contribution in [0.1, 0.15) is 30.0 Å². The summed E-state index contributed by atoms with van der Waals surface area (Å²) in [5, 5.41) is 9.54. The molecule has 2 nitrogen and oxygen atoms in total. The molecule has 0 saturated carbocycles. The number of aromatic hydroxyl groups is 1. The van der Waals surface area contributed by atoms with Crippen molar-refractivity contribution in [3.8, 4) is 5.75 Å². The van der Waals surface area contributed by atoms with Crippen molar-refractivity contribution < 1.29 is 5.11 Å². The number of nitrogens with zero attached hydrogens (tertiary/aromatic N) is 1. The van der Waals surface area contributed by atoms with Crippen LogP contribution >= 0.6 is 0 Å². The van der Waals surface area contributed by atoms with Crippen molar-refractivity contribution in [2.75, 3.05) is 11.4 Å². The third kappa shape index (κ3) is 2.64. The molecule has 0 atom stereocenters. The van der Waals surface area contributed by atoms with Gasteiger partial charge in [-0.1, -0.05) is 31.5 Å². The maximum Gasteiger partial charge on any atom is 0.115 e. The zero-order chi connectivity index (χ0) is 13.9. The number of aryl methyl sites for hydroxylation is 1. The lowest BCUT2D eigenvalue weighted by molar-refractivity contribution is 0.473. The second-order valence-electron chi connectivity index (χ2n) is 5.54. The van der Waals surface area contributed by atoms with Crippen molar-refractivity contribution >= 4 is 5.69 Å². The number of anilines is 1. The largest absolute Gasteiger partial charge is 0.508 e. The Labute approximate surface area is 120 Å². The molecule has 2 aromatic carbocycles. The molecule has 2 heteroatoms. The molecular formula is C18H21NO. The minimum absolute atomic E-state index is 0.376. The van der Waals surface area contributed by atoms with Crippen LogP contribution in [0.15, 0.2) is 42.5 Å². The summed E-state index contributed by atoms with van der Waals surface area (Å²) in [5.41, 5.74) is 5.32. The van der Waals surface area contributed by atoms with Crippen LogP contribution in [0.3, 0.4) is 0 Å². The van der Waals surface area contributed by atoms with Gasteiger partial charge in [-0.2, -0.15) is 0 Å². The fraction of sp³-hybridized carbons (Fsp3) is 0.333. The first-order valence-electron chi connectivity index (χ1n) is 7.41. The van der Waals surface area contributed by atoms with Gasteiger partial charge in [-0.15, -0.1) is 0 Å². The van der Waals surface area contributed by atoms with Gasteiger partial charge in [0.15, 0.2) is 0 Å².